The Kier molecular flexibility index (Phi) is 6.24. The van der Waals surface area contributed by atoms with E-state index in [-0.39, 0.29) is 17.9 Å². The normalized spacial score (nSPS) is 17.8. The maximum atomic E-state index is 12.7. The SMILES string of the molecule is Cc1oc(C2CCN(C(=O)Nc3ccccc3Cl)CC2)nc1C(=O)N1CCOCC1. The van der Waals surface area contributed by atoms with E-state index in [0.29, 0.717) is 67.4 Å². The van der Waals surface area contributed by atoms with Crippen molar-refractivity contribution in [1.82, 2.24) is 14.8 Å². The number of hydrogen-bond donors (Lipinski definition) is 1. The zero-order valence-electron chi connectivity index (χ0n) is 16.9. The van der Waals surface area contributed by atoms with Crippen LogP contribution in [0.3, 0.4) is 0 Å². The van der Waals surface area contributed by atoms with E-state index in [0.717, 1.165) is 12.8 Å². The van der Waals surface area contributed by atoms with Gasteiger partial charge in [-0.05, 0) is 31.9 Å². The molecule has 0 aliphatic carbocycles. The minimum absolute atomic E-state index is 0.0827. The molecule has 0 saturated carbocycles. The molecule has 0 radical (unpaired) electrons. The second kappa shape index (κ2) is 9.06. The third-order valence-electron chi connectivity index (χ3n) is 5.56. The van der Waals surface area contributed by atoms with Crippen molar-refractivity contribution in [1.29, 1.82) is 0 Å². The first-order valence-electron chi connectivity index (χ1n) is 10.2. The van der Waals surface area contributed by atoms with Crippen LogP contribution in [0, 0.1) is 6.92 Å². The number of benzene rings is 1. The average Bonchev–Trinajstić information content (AvgIpc) is 3.17. The summed E-state index contributed by atoms with van der Waals surface area (Å²) in [6.45, 7) is 5.16. The predicted octanol–water partition coefficient (Wildman–Crippen LogP) is 3.52. The number of amides is 3. The average molecular weight is 433 g/mol. The van der Waals surface area contributed by atoms with Gasteiger partial charge in [-0.25, -0.2) is 9.78 Å². The van der Waals surface area contributed by atoms with Crippen molar-refractivity contribution in [3.63, 3.8) is 0 Å². The third-order valence-corrected chi connectivity index (χ3v) is 5.89. The van der Waals surface area contributed by atoms with Crippen LogP contribution in [0.2, 0.25) is 5.02 Å². The van der Waals surface area contributed by atoms with E-state index in [9.17, 15) is 9.59 Å². The molecular weight excluding hydrogens is 408 g/mol. The van der Waals surface area contributed by atoms with Gasteiger partial charge in [0, 0.05) is 32.1 Å². The smallest absolute Gasteiger partial charge is 0.321 e. The molecule has 3 amide bonds. The number of piperidine rings is 1. The van der Waals surface area contributed by atoms with Crippen LogP contribution in [-0.2, 0) is 4.74 Å². The number of para-hydroxylation sites is 1. The predicted molar refractivity (Wildman–Crippen MR) is 112 cm³/mol. The first-order chi connectivity index (χ1) is 14.5. The molecule has 1 N–H and O–H groups in total. The lowest BCUT2D eigenvalue weighted by molar-refractivity contribution is 0.0298. The Labute approximate surface area is 180 Å². The van der Waals surface area contributed by atoms with Crippen LogP contribution < -0.4 is 5.32 Å². The van der Waals surface area contributed by atoms with Crippen molar-refractivity contribution in [2.75, 3.05) is 44.7 Å². The molecule has 1 aromatic heterocycles. The maximum Gasteiger partial charge on any atom is 0.321 e. The molecule has 2 fully saturated rings. The fourth-order valence-corrected chi connectivity index (χ4v) is 3.98. The van der Waals surface area contributed by atoms with Crippen LogP contribution in [0.4, 0.5) is 10.5 Å². The summed E-state index contributed by atoms with van der Waals surface area (Å²) in [4.78, 5) is 33.3. The molecule has 2 aliphatic rings. The number of rotatable bonds is 3. The van der Waals surface area contributed by atoms with Gasteiger partial charge in [-0.15, -0.1) is 0 Å². The van der Waals surface area contributed by atoms with Crippen molar-refractivity contribution in [3.05, 3.63) is 46.6 Å². The molecule has 30 heavy (non-hydrogen) atoms. The van der Waals surface area contributed by atoms with Gasteiger partial charge in [0.2, 0.25) is 0 Å². The molecule has 0 spiro atoms. The highest BCUT2D eigenvalue weighted by Crippen LogP contribution is 2.30. The molecule has 8 nitrogen and oxygen atoms in total. The number of nitrogens with one attached hydrogen (secondary N) is 1. The summed E-state index contributed by atoms with van der Waals surface area (Å²) in [5.74, 6) is 1.09. The number of aryl methyl sites for hydroxylation is 1. The number of oxazole rings is 1. The molecule has 1 aromatic carbocycles. The number of nitrogens with zero attached hydrogens (tertiary/aromatic N) is 3. The number of carbonyl (C=O) groups is 2. The van der Waals surface area contributed by atoms with Crippen LogP contribution >= 0.6 is 11.6 Å². The number of halogens is 1. The van der Waals surface area contributed by atoms with E-state index in [1.807, 2.05) is 12.1 Å². The van der Waals surface area contributed by atoms with Gasteiger partial charge in [0.1, 0.15) is 5.76 Å². The van der Waals surface area contributed by atoms with Gasteiger partial charge >= 0.3 is 6.03 Å². The molecule has 2 aliphatic heterocycles. The van der Waals surface area contributed by atoms with E-state index in [4.69, 9.17) is 20.8 Å². The van der Waals surface area contributed by atoms with E-state index < -0.39 is 0 Å². The molecule has 0 bridgehead atoms. The lowest BCUT2D eigenvalue weighted by Gasteiger charge is -2.30. The monoisotopic (exact) mass is 432 g/mol. The van der Waals surface area contributed by atoms with E-state index >= 15 is 0 Å². The number of hydrogen-bond acceptors (Lipinski definition) is 5. The highest BCUT2D eigenvalue weighted by molar-refractivity contribution is 6.33. The number of urea groups is 1. The summed E-state index contributed by atoms with van der Waals surface area (Å²) < 4.78 is 11.2. The summed E-state index contributed by atoms with van der Waals surface area (Å²) in [7, 11) is 0. The summed E-state index contributed by atoms with van der Waals surface area (Å²) >= 11 is 6.12. The lowest BCUT2D eigenvalue weighted by atomic mass is 9.97. The number of carbonyl (C=O) groups excluding carboxylic acids is 2. The van der Waals surface area contributed by atoms with Crippen molar-refractivity contribution < 1.29 is 18.7 Å². The van der Waals surface area contributed by atoms with Crippen molar-refractivity contribution in [3.8, 4) is 0 Å². The highest BCUT2D eigenvalue weighted by atomic mass is 35.5. The quantitative estimate of drug-likeness (QED) is 0.801. The number of morpholine rings is 1. The fourth-order valence-electron chi connectivity index (χ4n) is 3.79. The zero-order valence-corrected chi connectivity index (χ0v) is 17.7. The van der Waals surface area contributed by atoms with Crippen LogP contribution in [0.5, 0.6) is 0 Å². The van der Waals surface area contributed by atoms with Crippen molar-refractivity contribution in [2.45, 2.75) is 25.7 Å². The lowest BCUT2D eigenvalue weighted by Crippen LogP contribution is -2.41. The zero-order chi connectivity index (χ0) is 21.1. The standard InChI is InChI=1S/C21H25ClN4O4/c1-14-18(20(27)25-10-12-29-13-11-25)24-19(30-14)15-6-8-26(9-7-15)21(28)23-17-5-3-2-4-16(17)22/h2-5,15H,6-13H2,1H3,(H,23,28). The van der Waals surface area contributed by atoms with Crippen molar-refractivity contribution in [2.24, 2.45) is 0 Å². The Morgan fingerprint density at radius 3 is 2.50 bits per heavy atom. The minimum Gasteiger partial charge on any atom is -0.445 e. The fraction of sp³-hybridized carbons (Fsp3) is 0.476. The molecule has 160 valence electrons. The molecular formula is C21H25ClN4O4. The van der Waals surface area contributed by atoms with E-state index in [1.54, 1.807) is 28.9 Å². The largest absolute Gasteiger partial charge is 0.445 e. The minimum atomic E-state index is -0.173. The second-order valence-electron chi connectivity index (χ2n) is 7.53. The molecule has 9 heteroatoms. The van der Waals surface area contributed by atoms with Gasteiger partial charge in [0.05, 0.1) is 23.9 Å². The summed E-state index contributed by atoms with van der Waals surface area (Å²) in [5.41, 5.74) is 0.978. The maximum absolute atomic E-state index is 12.7. The number of likely N-dealkylation sites (tertiary alicyclic amines) is 1. The first-order valence-corrected chi connectivity index (χ1v) is 10.6. The molecule has 3 heterocycles. The first kappa shape index (κ1) is 20.7. The Balaban J connectivity index is 1.35. The molecule has 2 aromatic rings. The van der Waals surface area contributed by atoms with E-state index in [2.05, 4.69) is 10.3 Å². The van der Waals surface area contributed by atoms with Crippen LogP contribution in [0.25, 0.3) is 0 Å². The highest BCUT2D eigenvalue weighted by Gasteiger charge is 2.30. The summed E-state index contributed by atoms with van der Waals surface area (Å²) in [5, 5.41) is 3.36. The molecule has 0 unspecified atom stereocenters. The van der Waals surface area contributed by atoms with Crippen LogP contribution in [0.15, 0.2) is 28.7 Å². The number of anilines is 1. The Morgan fingerprint density at radius 1 is 1.10 bits per heavy atom. The molecule has 2 saturated heterocycles. The second-order valence-corrected chi connectivity index (χ2v) is 7.94. The Hall–Kier alpha value is -2.58. The third kappa shape index (κ3) is 4.44. The molecule has 0 atom stereocenters. The summed E-state index contributed by atoms with van der Waals surface area (Å²) in [6, 6.07) is 6.99. The van der Waals surface area contributed by atoms with Crippen LogP contribution in [-0.4, -0.2) is 66.1 Å². The Morgan fingerprint density at radius 2 is 1.80 bits per heavy atom. The van der Waals surface area contributed by atoms with Gasteiger partial charge in [-0.1, -0.05) is 23.7 Å². The van der Waals surface area contributed by atoms with Gasteiger partial charge in [0.15, 0.2) is 11.6 Å². The van der Waals surface area contributed by atoms with Gasteiger partial charge < -0.3 is 24.3 Å². The van der Waals surface area contributed by atoms with Crippen LogP contribution in [0.1, 0.15) is 40.9 Å². The van der Waals surface area contributed by atoms with Gasteiger partial charge in [-0.3, -0.25) is 4.79 Å². The number of ether oxygens (including phenoxy) is 1. The van der Waals surface area contributed by atoms with Gasteiger partial charge in [-0.2, -0.15) is 0 Å². The number of aromatic nitrogens is 1. The van der Waals surface area contributed by atoms with Crippen molar-refractivity contribution >= 4 is 29.2 Å². The van der Waals surface area contributed by atoms with Gasteiger partial charge in [0.25, 0.3) is 5.91 Å². The van der Waals surface area contributed by atoms with E-state index in [1.165, 1.54) is 0 Å². The Bertz CT molecular complexity index is 917. The summed E-state index contributed by atoms with van der Waals surface area (Å²) in [6.07, 6.45) is 1.45. The molecule has 4 rings (SSSR count). The topological polar surface area (TPSA) is 87.9 Å².